The van der Waals surface area contributed by atoms with E-state index in [1.807, 2.05) is 6.92 Å². The molecule has 0 radical (unpaired) electrons. The number of halogens is 1. The number of Topliss-reactive ketones (excluding diaryl/α,β-unsaturated/α-hetero) is 1. The fourth-order valence-corrected chi connectivity index (χ4v) is 6.65. The highest BCUT2D eigenvalue weighted by molar-refractivity contribution is 9.11. The Labute approximate surface area is 149 Å². The van der Waals surface area contributed by atoms with Gasteiger partial charge in [0.1, 0.15) is 5.78 Å². The van der Waals surface area contributed by atoms with Crippen LogP contribution in [-0.2, 0) is 4.79 Å². The van der Waals surface area contributed by atoms with Crippen molar-refractivity contribution in [1.29, 1.82) is 0 Å². The first kappa shape index (κ1) is 17.7. The van der Waals surface area contributed by atoms with Gasteiger partial charge in [0.25, 0.3) is 0 Å². The van der Waals surface area contributed by atoms with E-state index in [0.717, 1.165) is 12.8 Å². The summed E-state index contributed by atoms with van der Waals surface area (Å²) < 4.78 is 0. The number of aliphatic hydroxyl groups excluding tert-OH is 1. The van der Waals surface area contributed by atoms with E-state index < -0.39 is 6.10 Å². The van der Waals surface area contributed by atoms with Crippen molar-refractivity contribution in [1.82, 2.24) is 0 Å². The molecule has 0 aromatic carbocycles. The van der Waals surface area contributed by atoms with Gasteiger partial charge in [0, 0.05) is 11.8 Å². The molecule has 0 amide bonds. The molecule has 0 aromatic rings. The predicted octanol–water partition coefficient (Wildman–Crippen LogP) is 5.09. The molecule has 0 saturated heterocycles. The van der Waals surface area contributed by atoms with Crippen LogP contribution in [0.1, 0.15) is 65.7 Å². The van der Waals surface area contributed by atoms with E-state index in [1.165, 1.54) is 32.1 Å². The second-order valence-electron chi connectivity index (χ2n) is 8.62. The lowest BCUT2D eigenvalue weighted by molar-refractivity contribution is -0.128. The summed E-state index contributed by atoms with van der Waals surface area (Å²) in [5, 5.41) is 10.9. The largest absolute Gasteiger partial charge is 0.392 e. The van der Waals surface area contributed by atoms with Crippen LogP contribution < -0.4 is 0 Å². The van der Waals surface area contributed by atoms with Crippen LogP contribution in [0.15, 0.2) is 10.6 Å². The first-order chi connectivity index (χ1) is 10.9. The lowest BCUT2D eigenvalue weighted by Crippen LogP contribution is -2.42. The van der Waals surface area contributed by atoms with Crippen LogP contribution in [0.3, 0.4) is 0 Å². The van der Waals surface area contributed by atoms with Gasteiger partial charge >= 0.3 is 0 Å². The molecule has 3 fully saturated rings. The van der Waals surface area contributed by atoms with Gasteiger partial charge < -0.3 is 5.11 Å². The topological polar surface area (TPSA) is 37.3 Å². The third-order valence-electron chi connectivity index (χ3n) is 7.53. The van der Waals surface area contributed by atoms with Gasteiger partial charge in [0.2, 0.25) is 0 Å². The number of hydrogen-bond acceptors (Lipinski definition) is 2. The van der Waals surface area contributed by atoms with E-state index in [0.29, 0.717) is 23.0 Å². The van der Waals surface area contributed by atoms with Crippen molar-refractivity contribution in [2.45, 2.75) is 71.8 Å². The lowest BCUT2D eigenvalue weighted by Gasteiger charge is -2.45. The molecule has 0 aromatic heterocycles. The maximum Gasteiger partial charge on any atom is 0.141 e. The van der Waals surface area contributed by atoms with E-state index in [1.54, 1.807) is 5.57 Å². The highest BCUT2D eigenvalue weighted by Gasteiger charge is 2.53. The van der Waals surface area contributed by atoms with E-state index in [9.17, 15) is 9.90 Å². The second kappa shape index (κ2) is 6.63. The van der Waals surface area contributed by atoms with Crippen molar-refractivity contribution in [2.75, 3.05) is 0 Å². The molecule has 7 atom stereocenters. The summed E-state index contributed by atoms with van der Waals surface area (Å²) >= 11 is 3.57. The van der Waals surface area contributed by atoms with Crippen LogP contribution in [0, 0.1) is 35.0 Å². The minimum absolute atomic E-state index is 0.113. The molecule has 0 bridgehead atoms. The zero-order valence-electron chi connectivity index (χ0n) is 14.7. The summed E-state index contributed by atoms with van der Waals surface area (Å²) in [6.45, 7) is 6.65. The van der Waals surface area contributed by atoms with Crippen molar-refractivity contribution in [2.24, 2.45) is 35.0 Å². The summed E-state index contributed by atoms with van der Waals surface area (Å²) in [5.74, 6) is 1.75. The molecule has 3 aliphatic carbocycles. The first-order valence-corrected chi connectivity index (χ1v) is 10.3. The fourth-order valence-electron chi connectivity index (χ4n) is 6.10. The van der Waals surface area contributed by atoms with E-state index in [2.05, 4.69) is 34.8 Å². The van der Waals surface area contributed by atoms with Crippen molar-refractivity contribution in [3.63, 3.8) is 0 Å². The van der Waals surface area contributed by atoms with Crippen molar-refractivity contribution in [3.05, 3.63) is 10.6 Å². The molecule has 2 nitrogen and oxygen atoms in total. The van der Waals surface area contributed by atoms with Gasteiger partial charge in [-0.05, 0) is 73.1 Å². The third-order valence-corrected chi connectivity index (χ3v) is 8.11. The molecule has 3 saturated carbocycles. The number of hydrogen-bond donors (Lipinski definition) is 1. The fraction of sp³-hybridized carbons (Fsp3) is 0.850. The maximum atomic E-state index is 12.4. The molecular formula is C20H31BrO2. The Balaban J connectivity index is 1.77. The second-order valence-corrected chi connectivity index (χ2v) is 9.07. The van der Waals surface area contributed by atoms with Gasteiger partial charge in [-0.3, -0.25) is 4.79 Å². The molecule has 0 aliphatic heterocycles. The van der Waals surface area contributed by atoms with E-state index >= 15 is 0 Å². The van der Waals surface area contributed by atoms with Crippen LogP contribution >= 0.6 is 15.9 Å². The number of carbonyl (C=O) groups excluding carboxylic acids is 1. The minimum atomic E-state index is -0.452. The molecular weight excluding hydrogens is 352 g/mol. The molecule has 4 unspecified atom stereocenters. The van der Waals surface area contributed by atoms with Crippen LogP contribution in [0.5, 0.6) is 0 Å². The van der Waals surface area contributed by atoms with Crippen LogP contribution in [0.25, 0.3) is 0 Å². The average Bonchev–Trinajstić information content (AvgIpc) is 3.06. The Morgan fingerprint density at radius 2 is 2.04 bits per heavy atom. The molecule has 23 heavy (non-hydrogen) atoms. The number of rotatable bonds is 3. The minimum Gasteiger partial charge on any atom is -0.392 e. The van der Waals surface area contributed by atoms with Gasteiger partial charge in [-0.2, -0.15) is 0 Å². The van der Waals surface area contributed by atoms with Crippen molar-refractivity contribution >= 4 is 21.7 Å². The highest BCUT2D eigenvalue weighted by Crippen LogP contribution is 2.60. The van der Waals surface area contributed by atoms with Crippen molar-refractivity contribution in [3.8, 4) is 0 Å². The molecule has 1 N–H and O–H groups in total. The molecule has 0 heterocycles. The smallest absolute Gasteiger partial charge is 0.141 e. The zero-order valence-corrected chi connectivity index (χ0v) is 16.3. The Morgan fingerprint density at radius 3 is 2.65 bits per heavy atom. The summed E-state index contributed by atoms with van der Waals surface area (Å²) in [4.78, 5) is 14.5. The van der Waals surface area contributed by atoms with Crippen LogP contribution in [0.2, 0.25) is 0 Å². The lowest BCUT2D eigenvalue weighted by atomic mass is 9.60. The van der Waals surface area contributed by atoms with Crippen LogP contribution in [-0.4, -0.2) is 17.0 Å². The Bertz CT molecular complexity index is 500. The van der Waals surface area contributed by atoms with E-state index in [4.69, 9.17) is 0 Å². The Morgan fingerprint density at radius 1 is 1.30 bits per heavy atom. The third kappa shape index (κ3) is 2.86. The first-order valence-electron chi connectivity index (χ1n) is 9.41. The summed E-state index contributed by atoms with van der Waals surface area (Å²) in [5.41, 5.74) is 1.86. The molecule has 3 aliphatic rings. The number of allylic oxidation sites excluding steroid dienone is 1. The summed E-state index contributed by atoms with van der Waals surface area (Å²) in [6.07, 6.45) is 7.55. The number of aliphatic hydroxyl groups is 1. The normalized spacial score (nSPS) is 45.3. The van der Waals surface area contributed by atoms with Gasteiger partial charge in [0.05, 0.1) is 6.10 Å². The maximum absolute atomic E-state index is 12.4. The molecule has 130 valence electrons. The van der Waals surface area contributed by atoms with Gasteiger partial charge in [0.15, 0.2) is 0 Å². The quantitative estimate of drug-likeness (QED) is 0.737. The van der Waals surface area contributed by atoms with Gasteiger partial charge in [-0.25, -0.2) is 0 Å². The zero-order chi connectivity index (χ0) is 16.8. The predicted molar refractivity (Wildman–Crippen MR) is 97.2 cm³/mol. The standard InChI is InChI=1S/C20H31BrO2/c1-12-6-7-15(18(12)22)19(23)13(2)16-8-9-17-14(11-21)5-4-10-20(16,17)3/h11-13,15-17,19,23H,4-10H2,1-3H3/t12?,13-,15?,16-,17?,19?,20-/m1/s1. The summed E-state index contributed by atoms with van der Waals surface area (Å²) in [7, 11) is 0. The highest BCUT2D eigenvalue weighted by atomic mass is 79.9. The molecule has 0 spiro atoms. The Hall–Kier alpha value is -0.150. The molecule has 3 heteroatoms. The monoisotopic (exact) mass is 382 g/mol. The van der Waals surface area contributed by atoms with Crippen molar-refractivity contribution < 1.29 is 9.90 Å². The van der Waals surface area contributed by atoms with Crippen LogP contribution in [0.4, 0.5) is 0 Å². The summed E-state index contributed by atoms with van der Waals surface area (Å²) in [6, 6.07) is 0. The number of fused-ring (bicyclic) bond motifs is 1. The van der Waals surface area contributed by atoms with Gasteiger partial charge in [-0.15, -0.1) is 0 Å². The average molecular weight is 383 g/mol. The van der Waals surface area contributed by atoms with Gasteiger partial charge in [-0.1, -0.05) is 42.3 Å². The number of ketones is 1. The Kier molecular flexibility index (Phi) is 5.09. The number of carbonyl (C=O) groups is 1. The SMILES string of the molecule is CC1CCC(C(O)[C@H](C)[C@H]2CCC3C(=CBr)CCC[C@@]32C)C1=O. The molecule has 3 rings (SSSR count). The van der Waals surface area contributed by atoms with E-state index in [-0.39, 0.29) is 17.8 Å².